The van der Waals surface area contributed by atoms with Gasteiger partial charge in [-0.3, -0.25) is 0 Å². The smallest absolute Gasteiger partial charge is 0.387 e. The highest BCUT2D eigenvalue weighted by atomic mass is 19.3. The molecule has 6 heteroatoms. The summed E-state index contributed by atoms with van der Waals surface area (Å²) in [5.41, 5.74) is 5.99. The average molecular weight is 304 g/mol. The molecule has 0 aliphatic heterocycles. The Morgan fingerprint density at radius 2 is 1.76 bits per heavy atom. The standard InChI is InChI=1S/C15H23F3N2O/c1-14(2,3)8-15(4,5)20-11-7-12(21-13(17)18)9(16)6-10(11)19/h6-7,13,20H,8,19H2,1-5H3. The summed E-state index contributed by atoms with van der Waals surface area (Å²) in [6.45, 7) is 7.13. The van der Waals surface area contributed by atoms with Gasteiger partial charge in [-0.25, -0.2) is 4.39 Å². The number of nitrogens with one attached hydrogen (secondary N) is 1. The minimum absolute atomic E-state index is 0.0631. The van der Waals surface area contributed by atoms with E-state index in [-0.39, 0.29) is 16.6 Å². The Morgan fingerprint density at radius 3 is 2.24 bits per heavy atom. The Balaban J connectivity index is 3.02. The van der Waals surface area contributed by atoms with E-state index < -0.39 is 18.2 Å². The number of rotatable bonds is 5. The second kappa shape index (κ2) is 6.03. The number of ether oxygens (including phenoxy) is 1. The number of hydrogen-bond acceptors (Lipinski definition) is 3. The highest BCUT2D eigenvalue weighted by molar-refractivity contribution is 5.69. The second-order valence-corrected chi connectivity index (χ2v) is 6.99. The Morgan fingerprint density at radius 1 is 1.19 bits per heavy atom. The van der Waals surface area contributed by atoms with Gasteiger partial charge in [-0.05, 0) is 25.7 Å². The van der Waals surface area contributed by atoms with Gasteiger partial charge in [0, 0.05) is 17.7 Å². The molecule has 1 aromatic carbocycles. The zero-order valence-electron chi connectivity index (χ0n) is 13.1. The van der Waals surface area contributed by atoms with Crippen molar-refractivity contribution in [3.05, 3.63) is 17.9 Å². The highest BCUT2D eigenvalue weighted by Crippen LogP contribution is 2.34. The van der Waals surface area contributed by atoms with Crippen molar-refractivity contribution in [2.24, 2.45) is 5.41 Å². The third kappa shape index (κ3) is 5.73. The third-order valence-corrected chi connectivity index (χ3v) is 2.77. The normalized spacial score (nSPS) is 12.6. The van der Waals surface area contributed by atoms with Gasteiger partial charge < -0.3 is 15.8 Å². The van der Waals surface area contributed by atoms with Crippen LogP contribution in [-0.4, -0.2) is 12.2 Å². The van der Waals surface area contributed by atoms with E-state index in [0.29, 0.717) is 5.69 Å². The number of benzene rings is 1. The molecule has 0 saturated heterocycles. The van der Waals surface area contributed by atoms with Crippen LogP contribution in [0.25, 0.3) is 0 Å². The van der Waals surface area contributed by atoms with E-state index in [1.54, 1.807) is 0 Å². The van der Waals surface area contributed by atoms with Gasteiger partial charge in [0.2, 0.25) is 0 Å². The first-order valence-corrected chi connectivity index (χ1v) is 6.72. The maximum absolute atomic E-state index is 13.5. The van der Waals surface area contributed by atoms with Crippen molar-refractivity contribution >= 4 is 11.4 Å². The number of nitrogen functional groups attached to an aromatic ring is 1. The fraction of sp³-hybridized carbons (Fsp3) is 0.600. The molecule has 0 aliphatic rings. The van der Waals surface area contributed by atoms with Crippen molar-refractivity contribution in [1.29, 1.82) is 0 Å². The molecule has 0 aromatic heterocycles. The molecule has 0 spiro atoms. The SMILES string of the molecule is CC(C)(C)CC(C)(C)Nc1cc(OC(F)F)c(F)cc1N. The van der Waals surface area contributed by atoms with Crippen molar-refractivity contribution < 1.29 is 17.9 Å². The van der Waals surface area contributed by atoms with Crippen LogP contribution in [0.1, 0.15) is 41.0 Å². The van der Waals surface area contributed by atoms with Crippen LogP contribution in [0.5, 0.6) is 5.75 Å². The van der Waals surface area contributed by atoms with Crippen molar-refractivity contribution in [1.82, 2.24) is 0 Å². The van der Waals surface area contributed by atoms with Gasteiger partial charge in [0.25, 0.3) is 0 Å². The summed E-state index contributed by atoms with van der Waals surface area (Å²) in [5.74, 6) is -1.43. The molecule has 0 atom stereocenters. The Kier molecular flexibility index (Phi) is 5.02. The quantitative estimate of drug-likeness (QED) is 0.779. The van der Waals surface area contributed by atoms with E-state index in [4.69, 9.17) is 5.73 Å². The first-order valence-electron chi connectivity index (χ1n) is 6.72. The zero-order valence-corrected chi connectivity index (χ0v) is 13.1. The van der Waals surface area contributed by atoms with Crippen LogP contribution < -0.4 is 15.8 Å². The predicted octanol–water partition coefficient (Wildman–Crippen LogP) is 4.64. The summed E-state index contributed by atoms with van der Waals surface area (Å²) in [4.78, 5) is 0. The summed E-state index contributed by atoms with van der Waals surface area (Å²) in [6, 6.07) is 2.15. The summed E-state index contributed by atoms with van der Waals surface area (Å²) >= 11 is 0. The summed E-state index contributed by atoms with van der Waals surface area (Å²) in [5, 5.41) is 3.17. The molecular formula is C15H23F3N2O. The van der Waals surface area contributed by atoms with E-state index in [1.165, 1.54) is 6.07 Å². The zero-order chi connectivity index (χ0) is 16.4. The maximum Gasteiger partial charge on any atom is 0.387 e. The minimum Gasteiger partial charge on any atom is -0.432 e. The molecule has 0 amide bonds. The molecule has 0 unspecified atom stereocenters. The molecule has 0 aliphatic carbocycles. The van der Waals surface area contributed by atoms with Crippen LogP contribution >= 0.6 is 0 Å². The van der Waals surface area contributed by atoms with Crippen LogP contribution in [0.2, 0.25) is 0 Å². The van der Waals surface area contributed by atoms with E-state index in [1.807, 2.05) is 13.8 Å². The number of halogens is 3. The Hall–Kier alpha value is -1.59. The third-order valence-electron chi connectivity index (χ3n) is 2.77. The van der Waals surface area contributed by atoms with Crippen LogP contribution in [0.15, 0.2) is 12.1 Å². The number of hydrogen-bond donors (Lipinski definition) is 2. The minimum atomic E-state index is -3.08. The molecule has 0 radical (unpaired) electrons. The van der Waals surface area contributed by atoms with Crippen LogP contribution in [0, 0.1) is 11.2 Å². The Bertz CT molecular complexity index is 496. The van der Waals surface area contributed by atoms with E-state index in [9.17, 15) is 13.2 Å². The molecule has 0 bridgehead atoms. The van der Waals surface area contributed by atoms with Gasteiger partial charge in [-0.2, -0.15) is 8.78 Å². The second-order valence-electron chi connectivity index (χ2n) is 6.99. The lowest BCUT2D eigenvalue weighted by Crippen LogP contribution is -2.35. The molecule has 1 rings (SSSR count). The number of anilines is 2. The molecule has 21 heavy (non-hydrogen) atoms. The maximum atomic E-state index is 13.5. The van der Waals surface area contributed by atoms with Crippen LogP contribution in [-0.2, 0) is 0 Å². The number of nitrogens with two attached hydrogens (primary N) is 1. The monoisotopic (exact) mass is 304 g/mol. The fourth-order valence-corrected chi connectivity index (χ4v) is 2.60. The first-order chi connectivity index (χ1) is 9.39. The van der Waals surface area contributed by atoms with E-state index >= 15 is 0 Å². The Labute approximate surface area is 123 Å². The van der Waals surface area contributed by atoms with Gasteiger partial charge in [0.1, 0.15) is 0 Å². The van der Waals surface area contributed by atoms with E-state index in [2.05, 4.69) is 30.8 Å². The van der Waals surface area contributed by atoms with Gasteiger partial charge >= 0.3 is 6.61 Å². The molecule has 0 saturated carbocycles. The van der Waals surface area contributed by atoms with Gasteiger partial charge in [-0.1, -0.05) is 20.8 Å². The lowest BCUT2D eigenvalue weighted by Gasteiger charge is -2.34. The van der Waals surface area contributed by atoms with Crippen molar-refractivity contribution in [3.63, 3.8) is 0 Å². The first kappa shape index (κ1) is 17.5. The van der Waals surface area contributed by atoms with E-state index in [0.717, 1.165) is 12.5 Å². The predicted molar refractivity (Wildman–Crippen MR) is 79.2 cm³/mol. The lowest BCUT2D eigenvalue weighted by atomic mass is 9.81. The molecule has 3 N–H and O–H groups in total. The summed E-state index contributed by atoms with van der Waals surface area (Å²) in [7, 11) is 0. The van der Waals surface area contributed by atoms with Crippen molar-refractivity contribution in [2.45, 2.75) is 53.2 Å². The topological polar surface area (TPSA) is 47.3 Å². The highest BCUT2D eigenvalue weighted by Gasteiger charge is 2.26. The summed E-state index contributed by atoms with van der Waals surface area (Å²) in [6.07, 6.45) is 0.807. The molecule has 120 valence electrons. The number of alkyl halides is 2. The van der Waals surface area contributed by atoms with Crippen LogP contribution in [0.4, 0.5) is 24.5 Å². The molecular weight excluding hydrogens is 281 g/mol. The van der Waals surface area contributed by atoms with Crippen LogP contribution in [0.3, 0.4) is 0 Å². The summed E-state index contributed by atoms with van der Waals surface area (Å²) < 4.78 is 42.2. The molecule has 3 nitrogen and oxygen atoms in total. The van der Waals surface area contributed by atoms with Gasteiger partial charge in [-0.15, -0.1) is 0 Å². The van der Waals surface area contributed by atoms with Crippen molar-refractivity contribution in [2.75, 3.05) is 11.1 Å². The van der Waals surface area contributed by atoms with Gasteiger partial charge in [0.05, 0.1) is 11.4 Å². The molecule has 0 fully saturated rings. The lowest BCUT2D eigenvalue weighted by molar-refractivity contribution is -0.0521. The molecule has 1 aromatic rings. The largest absolute Gasteiger partial charge is 0.432 e. The van der Waals surface area contributed by atoms with Gasteiger partial charge in [0.15, 0.2) is 11.6 Å². The average Bonchev–Trinajstić information content (AvgIpc) is 2.20. The van der Waals surface area contributed by atoms with Crippen molar-refractivity contribution in [3.8, 4) is 5.75 Å². The fourth-order valence-electron chi connectivity index (χ4n) is 2.60. The molecule has 0 heterocycles.